The monoisotopic (exact) mass is 383 g/mol. The lowest BCUT2D eigenvalue weighted by atomic mass is 10.1. The van der Waals surface area contributed by atoms with Gasteiger partial charge in [-0.05, 0) is 55.7 Å². The van der Waals surface area contributed by atoms with Crippen molar-refractivity contribution in [3.8, 4) is 5.75 Å². The van der Waals surface area contributed by atoms with Crippen LogP contribution >= 0.6 is 0 Å². The number of amides is 1. The largest absolute Gasteiger partial charge is 0.483 e. The van der Waals surface area contributed by atoms with Crippen LogP contribution in [0.3, 0.4) is 0 Å². The molecule has 0 bridgehead atoms. The molecule has 7 heteroatoms. The van der Waals surface area contributed by atoms with Gasteiger partial charge in [-0.15, -0.1) is 0 Å². The first kappa shape index (κ1) is 19.7. The van der Waals surface area contributed by atoms with Crippen molar-refractivity contribution in [2.45, 2.75) is 20.8 Å². The van der Waals surface area contributed by atoms with Gasteiger partial charge in [-0.2, -0.15) is 0 Å². The molecule has 1 heterocycles. The summed E-state index contributed by atoms with van der Waals surface area (Å²) in [5.41, 5.74) is 4.33. The lowest BCUT2D eigenvalue weighted by Gasteiger charge is -2.36. The zero-order chi connectivity index (χ0) is 20.3. The summed E-state index contributed by atoms with van der Waals surface area (Å²) in [5, 5.41) is 10.8. The molecule has 1 amide bonds. The SMILES string of the molecule is Cc1cc(C)c(C)c(OCC(=O)N2CCN(c3ccc([N+](=O)[O-])cc3)CC2)c1. The molecular formula is C21H25N3O4. The van der Waals surface area contributed by atoms with Gasteiger partial charge in [-0.25, -0.2) is 0 Å². The van der Waals surface area contributed by atoms with E-state index in [1.54, 1.807) is 17.0 Å². The molecule has 1 saturated heterocycles. The fourth-order valence-electron chi connectivity index (χ4n) is 3.38. The number of piperazine rings is 1. The van der Waals surface area contributed by atoms with Gasteiger partial charge < -0.3 is 14.5 Å². The van der Waals surface area contributed by atoms with E-state index in [4.69, 9.17) is 4.74 Å². The van der Waals surface area contributed by atoms with Gasteiger partial charge in [0.15, 0.2) is 6.61 Å². The normalized spacial score (nSPS) is 14.1. The van der Waals surface area contributed by atoms with E-state index < -0.39 is 4.92 Å². The van der Waals surface area contributed by atoms with E-state index in [2.05, 4.69) is 11.0 Å². The number of nitro benzene ring substituents is 1. The Labute approximate surface area is 164 Å². The van der Waals surface area contributed by atoms with E-state index in [0.29, 0.717) is 26.2 Å². The Hall–Kier alpha value is -3.09. The highest BCUT2D eigenvalue weighted by molar-refractivity contribution is 5.78. The van der Waals surface area contributed by atoms with Crippen LogP contribution in [0.5, 0.6) is 5.75 Å². The van der Waals surface area contributed by atoms with Gasteiger partial charge in [0.1, 0.15) is 5.75 Å². The molecule has 0 atom stereocenters. The minimum Gasteiger partial charge on any atom is -0.483 e. The first-order valence-electron chi connectivity index (χ1n) is 9.33. The summed E-state index contributed by atoms with van der Waals surface area (Å²) in [6, 6.07) is 10.6. The number of hydrogen-bond donors (Lipinski definition) is 0. The summed E-state index contributed by atoms with van der Waals surface area (Å²) in [6.45, 7) is 8.65. The summed E-state index contributed by atoms with van der Waals surface area (Å²) >= 11 is 0. The highest BCUT2D eigenvalue weighted by Crippen LogP contribution is 2.24. The Morgan fingerprint density at radius 1 is 1.07 bits per heavy atom. The number of carbonyl (C=O) groups excluding carboxylic acids is 1. The Bertz CT molecular complexity index is 872. The van der Waals surface area contributed by atoms with E-state index in [1.165, 1.54) is 12.1 Å². The molecule has 148 valence electrons. The standard InChI is InChI=1S/C21H25N3O4/c1-15-12-16(2)17(3)20(13-15)28-14-21(25)23-10-8-22(9-11-23)18-4-6-19(7-5-18)24(26)27/h4-7,12-13H,8-11,14H2,1-3H3. The Kier molecular flexibility index (Phi) is 5.82. The maximum Gasteiger partial charge on any atom is 0.269 e. The molecule has 3 rings (SSSR count). The molecule has 0 saturated carbocycles. The zero-order valence-corrected chi connectivity index (χ0v) is 16.5. The van der Waals surface area contributed by atoms with Crippen LogP contribution in [0.25, 0.3) is 0 Å². The summed E-state index contributed by atoms with van der Waals surface area (Å²) in [6.07, 6.45) is 0. The summed E-state index contributed by atoms with van der Waals surface area (Å²) in [4.78, 5) is 26.8. The summed E-state index contributed by atoms with van der Waals surface area (Å²) < 4.78 is 5.79. The van der Waals surface area contributed by atoms with Crippen molar-refractivity contribution in [2.75, 3.05) is 37.7 Å². The molecule has 1 fully saturated rings. The molecule has 2 aromatic carbocycles. The van der Waals surface area contributed by atoms with Crippen molar-refractivity contribution in [3.05, 3.63) is 63.2 Å². The molecule has 0 radical (unpaired) electrons. The molecular weight excluding hydrogens is 358 g/mol. The van der Waals surface area contributed by atoms with Gasteiger partial charge in [0.2, 0.25) is 0 Å². The number of anilines is 1. The van der Waals surface area contributed by atoms with Gasteiger partial charge in [0.25, 0.3) is 11.6 Å². The highest BCUT2D eigenvalue weighted by Gasteiger charge is 2.22. The van der Waals surface area contributed by atoms with Gasteiger partial charge >= 0.3 is 0 Å². The highest BCUT2D eigenvalue weighted by atomic mass is 16.6. The van der Waals surface area contributed by atoms with Crippen molar-refractivity contribution >= 4 is 17.3 Å². The van der Waals surface area contributed by atoms with E-state index in [9.17, 15) is 14.9 Å². The second-order valence-corrected chi connectivity index (χ2v) is 7.13. The number of nitro groups is 1. The van der Waals surface area contributed by atoms with Crippen LogP contribution in [0.15, 0.2) is 36.4 Å². The summed E-state index contributed by atoms with van der Waals surface area (Å²) in [7, 11) is 0. The molecule has 1 aliphatic rings. The second-order valence-electron chi connectivity index (χ2n) is 7.13. The quantitative estimate of drug-likeness (QED) is 0.585. The minimum absolute atomic E-state index is 0.0260. The third kappa shape index (κ3) is 4.42. The van der Waals surface area contributed by atoms with Gasteiger partial charge in [0.05, 0.1) is 4.92 Å². The van der Waals surface area contributed by atoms with Crippen LogP contribution in [-0.4, -0.2) is 48.5 Å². The Morgan fingerprint density at radius 2 is 1.71 bits per heavy atom. The van der Waals surface area contributed by atoms with Crippen LogP contribution in [0.1, 0.15) is 16.7 Å². The Morgan fingerprint density at radius 3 is 2.32 bits per heavy atom. The molecule has 28 heavy (non-hydrogen) atoms. The zero-order valence-electron chi connectivity index (χ0n) is 16.5. The molecule has 0 spiro atoms. The maximum atomic E-state index is 12.5. The smallest absolute Gasteiger partial charge is 0.269 e. The minimum atomic E-state index is -0.405. The third-order valence-electron chi connectivity index (χ3n) is 5.17. The van der Waals surface area contributed by atoms with E-state index in [-0.39, 0.29) is 18.2 Å². The molecule has 0 N–H and O–H groups in total. The number of nitrogens with zero attached hydrogens (tertiary/aromatic N) is 3. The van der Waals surface area contributed by atoms with Gasteiger partial charge in [-0.3, -0.25) is 14.9 Å². The molecule has 0 aromatic heterocycles. The van der Waals surface area contributed by atoms with E-state index in [0.717, 1.165) is 28.1 Å². The predicted octanol–water partition coefficient (Wildman–Crippen LogP) is 3.25. The number of non-ortho nitro benzene ring substituents is 1. The first-order chi connectivity index (χ1) is 13.3. The van der Waals surface area contributed by atoms with Crippen LogP contribution in [0, 0.1) is 30.9 Å². The van der Waals surface area contributed by atoms with Gasteiger partial charge in [-0.1, -0.05) is 6.07 Å². The molecule has 2 aromatic rings. The van der Waals surface area contributed by atoms with Crippen molar-refractivity contribution < 1.29 is 14.5 Å². The van der Waals surface area contributed by atoms with Crippen molar-refractivity contribution in [1.82, 2.24) is 4.90 Å². The predicted molar refractivity (Wildman–Crippen MR) is 108 cm³/mol. The van der Waals surface area contributed by atoms with Gasteiger partial charge in [0, 0.05) is 44.0 Å². The average Bonchev–Trinajstić information content (AvgIpc) is 2.69. The van der Waals surface area contributed by atoms with E-state index >= 15 is 0 Å². The van der Waals surface area contributed by atoms with Crippen LogP contribution in [0.4, 0.5) is 11.4 Å². The number of ether oxygens (including phenoxy) is 1. The van der Waals surface area contributed by atoms with Crippen LogP contribution in [0.2, 0.25) is 0 Å². The maximum absolute atomic E-state index is 12.5. The Balaban J connectivity index is 1.53. The number of carbonyl (C=O) groups is 1. The third-order valence-corrected chi connectivity index (χ3v) is 5.17. The second kappa shape index (κ2) is 8.29. The van der Waals surface area contributed by atoms with Crippen LogP contribution in [-0.2, 0) is 4.79 Å². The number of hydrogen-bond acceptors (Lipinski definition) is 5. The number of benzene rings is 2. The molecule has 0 unspecified atom stereocenters. The molecule has 1 aliphatic heterocycles. The lowest BCUT2D eigenvalue weighted by Crippen LogP contribution is -2.50. The van der Waals surface area contributed by atoms with Crippen molar-refractivity contribution in [2.24, 2.45) is 0 Å². The topological polar surface area (TPSA) is 75.9 Å². The van der Waals surface area contributed by atoms with Crippen LogP contribution < -0.4 is 9.64 Å². The summed E-state index contributed by atoms with van der Waals surface area (Å²) in [5.74, 6) is 0.734. The van der Waals surface area contributed by atoms with Crippen molar-refractivity contribution in [1.29, 1.82) is 0 Å². The fourth-order valence-corrected chi connectivity index (χ4v) is 3.38. The molecule has 0 aliphatic carbocycles. The van der Waals surface area contributed by atoms with Crippen molar-refractivity contribution in [3.63, 3.8) is 0 Å². The first-order valence-corrected chi connectivity index (χ1v) is 9.33. The number of rotatable bonds is 5. The van der Waals surface area contributed by atoms with E-state index in [1.807, 2.05) is 26.8 Å². The lowest BCUT2D eigenvalue weighted by molar-refractivity contribution is -0.384. The number of aryl methyl sites for hydroxylation is 2. The average molecular weight is 383 g/mol. The molecule has 7 nitrogen and oxygen atoms in total. The fraction of sp³-hybridized carbons (Fsp3) is 0.381.